The van der Waals surface area contributed by atoms with E-state index in [0.717, 1.165) is 40.8 Å². The van der Waals surface area contributed by atoms with Gasteiger partial charge in [-0.3, -0.25) is 4.79 Å². The van der Waals surface area contributed by atoms with Gasteiger partial charge in [0.05, 0.1) is 11.1 Å². The van der Waals surface area contributed by atoms with Crippen molar-refractivity contribution in [2.75, 3.05) is 11.9 Å². The quantitative estimate of drug-likeness (QED) is 0.252. The number of Topliss-reactive ketones (excluding diaryl/α,β-unsaturated/α-hetero) is 1. The molecule has 1 aromatic heterocycles. The second-order valence-corrected chi connectivity index (χ2v) is 11.4. The molecule has 1 heterocycles. The number of pyridine rings is 1. The molecule has 188 valence electrons. The Morgan fingerprint density at radius 3 is 1.97 bits per heavy atom. The van der Waals surface area contributed by atoms with Crippen molar-refractivity contribution in [2.45, 2.75) is 124 Å². The SMILES string of the molecule is CCCCCCCCCCCCCCCCNc1c2c([nH+]c3ccccc13)CC(C)(C)CC2=O. The van der Waals surface area contributed by atoms with E-state index in [2.05, 4.69) is 55.3 Å². The summed E-state index contributed by atoms with van der Waals surface area (Å²) in [6, 6.07) is 8.39. The number of carbonyl (C=O) groups excluding carboxylic acids is 1. The molecule has 1 aliphatic rings. The number of aromatic nitrogens is 1. The van der Waals surface area contributed by atoms with Crippen LogP contribution in [0.1, 0.15) is 133 Å². The van der Waals surface area contributed by atoms with Gasteiger partial charge < -0.3 is 5.32 Å². The molecule has 0 spiro atoms. The van der Waals surface area contributed by atoms with E-state index in [1.54, 1.807) is 0 Å². The number of carbonyl (C=O) groups is 1. The molecule has 0 saturated heterocycles. The molecule has 1 aromatic carbocycles. The van der Waals surface area contributed by atoms with Crippen molar-refractivity contribution in [2.24, 2.45) is 5.41 Å². The lowest BCUT2D eigenvalue weighted by Crippen LogP contribution is -2.33. The number of hydrogen-bond acceptors (Lipinski definition) is 2. The van der Waals surface area contributed by atoms with Crippen molar-refractivity contribution >= 4 is 22.4 Å². The van der Waals surface area contributed by atoms with Crippen LogP contribution < -0.4 is 10.3 Å². The first kappa shape index (κ1) is 26.7. The van der Waals surface area contributed by atoms with Gasteiger partial charge in [0.15, 0.2) is 11.5 Å². The summed E-state index contributed by atoms with van der Waals surface area (Å²) in [5.74, 6) is 0.275. The Bertz CT molecular complexity index is 902. The lowest BCUT2D eigenvalue weighted by atomic mass is 9.75. The zero-order chi connectivity index (χ0) is 24.2. The van der Waals surface area contributed by atoms with Gasteiger partial charge in [0.1, 0.15) is 5.56 Å². The van der Waals surface area contributed by atoms with Crippen molar-refractivity contribution in [3.8, 4) is 0 Å². The molecule has 3 heteroatoms. The van der Waals surface area contributed by atoms with E-state index in [9.17, 15) is 4.79 Å². The molecule has 2 aromatic rings. The van der Waals surface area contributed by atoms with Gasteiger partial charge in [0.25, 0.3) is 0 Å². The summed E-state index contributed by atoms with van der Waals surface area (Å²) >= 11 is 0. The zero-order valence-electron chi connectivity index (χ0n) is 22.2. The Kier molecular flexibility index (Phi) is 10.9. The van der Waals surface area contributed by atoms with Crippen molar-refractivity contribution in [1.82, 2.24) is 0 Å². The standard InChI is InChI=1S/C31H48N2O/c1-4-5-6-7-8-9-10-11-12-13-14-15-16-19-22-32-30-25-20-17-18-21-26(25)33-27-23-31(2,3)24-28(34)29(27)30/h17-18,20-21H,4-16,19,22-24H2,1-3H3,(H,32,33)/p+1. The first-order valence-corrected chi connectivity index (χ1v) is 14.3. The van der Waals surface area contributed by atoms with Gasteiger partial charge in [-0.1, -0.05) is 116 Å². The zero-order valence-corrected chi connectivity index (χ0v) is 22.2. The van der Waals surface area contributed by atoms with Crippen LogP contribution in [0, 0.1) is 5.41 Å². The van der Waals surface area contributed by atoms with Crippen LogP contribution in [0.4, 0.5) is 5.69 Å². The molecule has 0 amide bonds. The van der Waals surface area contributed by atoms with Gasteiger partial charge in [-0.05, 0) is 17.9 Å². The Morgan fingerprint density at radius 1 is 0.794 bits per heavy atom. The minimum atomic E-state index is 0.0228. The van der Waals surface area contributed by atoms with Crippen molar-refractivity contribution < 1.29 is 9.78 Å². The smallest absolute Gasteiger partial charge is 0.213 e. The topological polar surface area (TPSA) is 43.2 Å². The highest BCUT2D eigenvalue weighted by atomic mass is 16.1. The molecular formula is C31H49N2O+. The number of nitrogens with one attached hydrogen (secondary N) is 2. The predicted molar refractivity (Wildman–Crippen MR) is 146 cm³/mol. The van der Waals surface area contributed by atoms with E-state index in [4.69, 9.17) is 0 Å². The lowest BCUT2D eigenvalue weighted by molar-refractivity contribution is -0.360. The first-order valence-electron chi connectivity index (χ1n) is 14.3. The van der Waals surface area contributed by atoms with Crippen molar-refractivity contribution in [1.29, 1.82) is 0 Å². The number of unbranched alkanes of at least 4 members (excludes halogenated alkanes) is 13. The maximum Gasteiger partial charge on any atom is 0.213 e. The molecule has 0 bridgehead atoms. The number of anilines is 1. The molecule has 1 aliphatic carbocycles. The van der Waals surface area contributed by atoms with Gasteiger partial charge in [0.2, 0.25) is 5.52 Å². The van der Waals surface area contributed by atoms with E-state index in [0.29, 0.717) is 6.42 Å². The Hall–Kier alpha value is -1.90. The molecule has 2 N–H and O–H groups in total. The first-order chi connectivity index (χ1) is 16.5. The number of aromatic amines is 1. The number of benzene rings is 1. The van der Waals surface area contributed by atoms with Gasteiger partial charge in [-0.2, -0.15) is 0 Å². The van der Waals surface area contributed by atoms with E-state index >= 15 is 0 Å². The monoisotopic (exact) mass is 465 g/mol. The van der Waals surface area contributed by atoms with Gasteiger partial charge in [-0.15, -0.1) is 0 Å². The third kappa shape index (κ3) is 8.10. The molecule has 0 aliphatic heterocycles. The average molecular weight is 466 g/mol. The summed E-state index contributed by atoms with van der Waals surface area (Å²) in [5.41, 5.74) is 4.20. The van der Waals surface area contributed by atoms with Crippen LogP contribution in [-0.2, 0) is 6.42 Å². The molecule has 0 fully saturated rings. The summed E-state index contributed by atoms with van der Waals surface area (Å²) in [6.07, 6.45) is 20.8. The Labute approximate surface area is 208 Å². The van der Waals surface area contributed by atoms with E-state index in [-0.39, 0.29) is 11.2 Å². The van der Waals surface area contributed by atoms with Crippen LogP contribution in [-0.4, -0.2) is 12.3 Å². The molecule has 0 saturated carbocycles. The maximum atomic E-state index is 13.1. The third-order valence-electron chi connectivity index (χ3n) is 7.44. The number of para-hydroxylation sites is 1. The normalized spacial score (nSPS) is 15.0. The summed E-state index contributed by atoms with van der Waals surface area (Å²) in [7, 11) is 0. The van der Waals surface area contributed by atoms with Crippen LogP contribution in [0.15, 0.2) is 24.3 Å². The number of H-pyrrole nitrogens is 1. The van der Waals surface area contributed by atoms with Crippen LogP contribution in [0.2, 0.25) is 0 Å². The van der Waals surface area contributed by atoms with Gasteiger partial charge in [-0.25, -0.2) is 4.98 Å². The highest BCUT2D eigenvalue weighted by molar-refractivity contribution is 6.09. The van der Waals surface area contributed by atoms with Crippen LogP contribution in [0.3, 0.4) is 0 Å². The fraction of sp³-hybridized carbons (Fsp3) is 0.677. The van der Waals surface area contributed by atoms with Crippen LogP contribution in [0.25, 0.3) is 10.9 Å². The number of fused-ring (bicyclic) bond motifs is 2. The maximum absolute atomic E-state index is 13.1. The minimum Gasteiger partial charge on any atom is -0.384 e. The van der Waals surface area contributed by atoms with E-state index in [1.807, 2.05) is 0 Å². The number of ketones is 1. The van der Waals surface area contributed by atoms with Gasteiger partial charge in [0, 0.05) is 25.5 Å². The predicted octanol–water partition coefficient (Wildman–Crippen LogP) is 8.70. The fourth-order valence-electron chi connectivity index (χ4n) is 5.54. The highest BCUT2D eigenvalue weighted by Crippen LogP contribution is 2.38. The summed E-state index contributed by atoms with van der Waals surface area (Å²) in [4.78, 5) is 16.6. The third-order valence-corrected chi connectivity index (χ3v) is 7.44. The van der Waals surface area contributed by atoms with Gasteiger partial charge >= 0.3 is 0 Å². The largest absolute Gasteiger partial charge is 0.384 e. The molecule has 0 atom stereocenters. The number of hydrogen-bond donors (Lipinski definition) is 1. The Balaban J connectivity index is 1.36. The van der Waals surface area contributed by atoms with Crippen molar-refractivity contribution in [3.05, 3.63) is 35.5 Å². The summed E-state index contributed by atoms with van der Waals surface area (Å²) in [5, 5.41) is 4.81. The summed E-state index contributed by atoms with van der Waals surface area (Å²) in [6.45, 7) is 7.61. The molecule has 34 heavy (non-hydrogen) atoms. The molecule has 3 rings (SSSR count). The molecule has 3 nitrogen and oxygen atoms in total. The average Bonchev–Trinajstić information content (AvgIpc) is 2.80. The van der Waals surface area contributed by atoms with E-state index in [1.165, 1.54) is 89.9 Å². The van der Waals surface area contributed by atoms with Crippen LogP contribution >= 0.6 is 0 Å². The second-order valence-electron chi connectivity index (χ2n) is 11.4. The molecular weight excluding hydrogens is 416 g/mol. The lowest BCUT2D eigenvalue weighted by Gasteiger charge is -2.28. The van der Waals surface area contributed by atoms with Crippen molar-refractivity contribution in [3.63, 3.8) is 0 Å². The Morgan fingerprint density at radius 2 is 1.35 bits per heavy atom. The number of rotatable bonds is 16. The molecule has 0 radical (unpaired) electrons. The minimum absolute atomic E-state index is 0.0228. The molecule has 0 unspecified atom stereocenters. The second kappa shape index (κ2) is 13.9. The van der Waals surface area contributed by atoms with E-state index < -0.39 is 0 Å². The van der Waals surface area contributed by atoms with Crippen LogP contribution in [0.5, 0.6) is 0 Å². The fourth-order valence-corrected chi connectivity index (χ4v) is 5.54. The summed E-state index contributed by atoms with van der Waals surface area (Å²) < 4.78 is 0. The highest BCUT2D eigenvalue weighted by Gasteiger charge is 2.37.